The van der Waals surface area contributed by atoms with Gasteiger partial charge in [0.1, 0.15) is 0 Å². The second-order valence-corrected chi connectivity index (χ2v) is 3.25. The molecule has 0 fully saturated rings. The smallest absolute Gasteiger partial charge is 0.198 e. The molecule has 0 aromatic heterocycles. The normalized spacial score (nSPS) is 13.2. The minimum Gasteiger partial charge on any atom is -0.198 e. The van der Waals surface area contributed by atoms with Gasteiger partial charge in [0.25, 0.3) is 0 Å². The Morgan fingerprint density at radius 3 is 2.27 bits per heavy atom. The first-order valence-corrected chi connectivity index (χ1v) is 4.54. The quantitative estimate of drug-likeness (QED) is 0.752. The minimum atomic E-state index is -4.19. The Bertz CT molecular complexity index is 337. The maximum atomic E-state index is 12.0. The first-order valence-electron chi connectivity index (χ1n) is 4.54. The van der Waals surface area contributed by atoms with E-state index in [-0.39, 0.29) is 6.42 Å². The lowest BCUT2D eigenvalue weighted by Crippen LogP contribution is -2.09. The van der Waals surface area contributed by atoms with Gasteiger partial charge in [-0.25, -0.2) is 0 Å². The number of hydrogen-bond donors (Lipinski definition) is 0. The van der Waals surface area contributed by atoms with Crippen molar-refractivity contribution in [2.24, 2.45) is 0 Å². The third-order valence-corrected chi connectivity index (χ3v) is 2.07. The van der Waals surface area contributed by atoms with Gasteiger partial charge in [0.15, 0.2) is 0 Å². The fourth-order valence-corrected chi connectivity index (χ4v) is 1.30. The van der Waals surface area contributed by atoms with Crippen molar-refractivity contribution in [3.63, 3.8) is 0 Å². The van der Waals surface area contributed by atoms with E-state index in [4.69, 9.17) is 5.26 Å². The SMILES string of the molecule is N#C[C@@H](CCC(F)(F)F)c1ccccc1. The van der Waals surface area contributed by atoms with E-state index in [9.17, 15) is 13.2 Å². The van der Waals surface area contributed by atoms with Gasteiger partial charge in [-0.15, -0.1) is 0 Å². The van der Waals surface area contributed by atoms with E-state index in [1.807, 2.05) is 6.07 Å². The maximum absolute atomic E-state index is 12.0. The molecule has 1 nitrogen and oxygen atoms in total. The Morgan fingerprint density at radius 2 is 1.80 bits per heavy atom. The van der Waals surface area contributed by atoms with E-state index in [0.717, 1.165) is 0 Å². The van der Waals surface area contributed by atoms with Crippen LogP contribution in [0.15, 0.2) is 30.3 Å². The molecule has 0 aliphatic rings. The first kappa shape index (κ1) is 11.6. The number of hydrogen-bond acceptors (Lipinski definition) is 1. The van der Waals surface area contributed by atoms with Crippen LogP contribution in [0.1, 0.15) is 24.3 Å². The zero-order chi connectivity index (χ0) is 11.3. The molecule has 0 bridgehead atoms. The number of nitriles is 1. The number of rotatable bonds is 3. The van der Waals surface area contributed by atoms with Crippen molar-refractivity contribution >= 4 is 0 Å². The summed E-state index contributed by atoms with van der Waals surface area (Å²) in [6.07, 6.45) is -5.28. The molecule has 1 aromatic carbocycles. The van der Waals surface area contributed by atoms with Crippen LogP contribution in [-0.4, -0.2) is 6.18 Å². The lowest BCUT2D eigenvalue weighted by atomic mass is 9.96. The van der Waals surface area contributed by atoms with E-state index in [1.54, 1.807) is 30.3 Å². The van der Waals surface area contributed by atoms with Crippen LogP contribution in [0.5, 0.6) is 0 Å². The van der Waals surface area contributed by atoms with Crippen molar-refractivity contribution in [1.82, 2.24) is 0 Å². The fourth-order valence-electron chi connectivity index (χ4n) is 1.30. The average Bonchev–Trinajstić information content (AvgIpc) is 2.19. The molecule has 0 radical (unpaired) electrons. The molecule has 0 saturated carbocycles. The molecule has 1 atom stereocenters. The molecule has 0 amide bonds. The van der Waals surface area contributed by atoms with Crippen molar-refractivity contribution in [2.75, 3.05) is 0 Å². The van der Waals surface area contributed by atoms with E-state index >= 15 is 0 Å². The molecule has 80 valence electrons. The van der Waals surface area contributed by atoms with Crippen molar-refractivity contribution in [3.8, 4) is 6.07 Å². The van der Waals surface area contributed by atoms with Gasteiger partial charge < -0.3 is 0 Å². The summed E-state index contributed by atoms with van der Waals surface area (Å²) in [5.41, 5.74) is 0.643. The van der Waals surface area contributed by atoms with Crippen LogP contribution in [0.25, 0.3) is 0 Å². The minimum absolute atomic E-state index is 0.177. The van der Waals surface area contributed by atoms with Crippen LogP contribution >= 0.6 is 0 Å². The van der Waals surface area contributed by atoms with Gasteiger partial charge in [-0.1, -0.05) is 30.3 Å². The molecule has 0 heterocycles. The predicted octanol–water partition coefficient (Wildman–Crippen LogP) is 3.64. The molecule has 1 aromatic rings. The van der Waals surface area contributed by atoms with Crippen molar-refractivity contribution < 1.29 is 13.2 Å². The largest absolute Gasteiger partial charge is 0.389 e. The Morgan fingerprint density at radius 1 is 1.20 bits per heavy atom. The Kier molecular flexibility index (Phi) is 3.73. The summed E-state index contributed by atoms with van der Waals surface area (Å²) in [4.78, 5) is 0. The summed E-state index contributed by atoms with van der Waals surface area (Å²) >= 11 is 0. The van der Waals surface area contributed by atoms with Gasteiger partial charge in [0.2, 0.25) is 0 Å². The van der Waals surface area contributed by atoms with E-state index in [2.05, 4.69) is 0 Å². The number of alkyl halides is 3. The zero-order valence-corrected chi connectivity index (χ0v) is 7.96. The second-order valence-electron chi connectivity index (χ2n) is 3.25. The van der Waals surface area contributed by atoms with Crippen LogP contribution in [0.4, 0.5) is 13.2 Å². The molecule has 4 heteroatoms. The van der Waals surface area contributed by atoms with Gasteiger partial charge in [0.05, 0.1) is 12.0 Å². The third kappa shape index (κ3) is 4.03. The molecule has 0 aliphatic carbocycles. The van der Waals surface area contributed by atoms with Crippen molar-refractivity contribution in [2.45, 2.75) is 24.9 Å². The second kappa shape index (κ2) is 4.83. The summed E-state index contributed by atoms with van der Waals surface area (Å²) in [5.74, 6) is -0.673. The summed E-state index contributed by atoms with van der Waals surface area (Å²) in [7, 11) is 0. The number of benzene rings is 1. The predicted molar refractivity (Wildman–Crippen MR) is 50.1 cm³/mol. The van der Waals surface area contributed by atoms with E-state index in [1.165, 1.54) is 0 Å². The van der Waals surface area contributed by atoms with Crippen LogP contribution in [0.2, 0.25) is 0 Å². The molecule has 0 unspecified atom stereocenters. The first-order chi connectivity index (χ1) is 7.03. The van der Waals surface area contributed by atoms with E-state index < -0.39 is 18.5 Å². The highest BCUT2D eigenvalue weighted by Crippen LogP contribution is 2.28. The van der Waals surface area contributed by atoms with Gasteiger partial charge in [-0.05, 0) is 12.0 Å². The molecular weight excluding hydrogens is 203 g/mol. The van der Waals surface area contributed by atoms with Crippen molar-refractivity contribution in [1.29, 1.82) is 5.26 Å². The van der Waals surface area contributed by atoms with Gasteiger partial charge in [0, 0.05) is 6.42 Å². The Hall–Kier alpha value is -1.50. The molecule has 1 rings (SSSR count). The van der Waals surface area contributed by atoms with Gasteiger partial charge in [-0.3, -0.25) is 0 Å². The lowest BCUT2D eigenvalue weighted by molar-refractivity contribution is -0.135. The van der Waals surface area contributed by atoms with Crippen molar-refractivity contribution in [3.05, 3.63) is 35.9 Å². The summed E-state index contributed by atoms with van der Waals surface area (Å²) in [5, 5.41) is 8.76. The number of nitrogens with zero attached hydrogens (tertiary/aromatic N) is 1. The Balaban J connectivity index is 2.63. The molecule has 0 N–H and O–H groups in total. The molecule has 15 heavy (non-hydrogen) atoms. The van der Waals surface area contributed by atoms with Gasteiger partial charge in [-0.2, -0.15) is 18.4 Å². The van der Waals surface area contributed by atoms with E-state index in [0.29, 0.717) is 5.56 Å². The van der Waals surface area contributed by atoms with Crippen LogP contribution in [-0.2, 0) is 0 Å². The molecule has 0 saturated heterocycles. The highest BCUT2D eigenvalue weighted by atomic mass is 19.4. The average molecular weight is 213 g/mol. The number of halogens is 3. The summed E-state index contributed by atoms with van der Waals surface area (Å²) in [6.45, 7) is 0. The zero-order valence-electron chi connectivity index (χ0n) is 7.96. The highest BCUT2D eigenvalue weighted by molar-refractivity contribution is 5.24. The standard InChI is InChI=1S/C11H10F3N/c12-11(13,14)7-6-10(8-15)9-4-2-1-3-5-9/h1-5,10H,6-7H2/t10-/m1/s1. The molecule has 0 aliphatic heterocycles. The van der Waals surface area contributed by atoms with Crippen LogP contribution in [0.3, 0.4) is 0 Å². The van der Waals surface area contributed by atoms with Crippen LogP contribution < -0.4 is 0 Å². The third-order valence-electron chi connectivity index (χ3n) is 2.07. The monoisotopic (exact) mass is 213 g/mol. The molecular formula is C11H10F3N. The Labute approximate surface area is 86.1 Å². The maximum Gasteiger partial charge on any atom is 0.389 e. The topological polar surface area (TPSA) is 23.8 Å². The van der Waals surface area contributed by atoms with Crippen LogP contribution in [0, 0.1) is 11.3 Å². The summed E-state index contributed by atoms with van der Waals surface area (Å²) < 4.78 is 35.9. The fraction of sp³-hybridized carbons (Fsp3) is 0.364. The lowest BCUT2D eigenvalue weighted by Gasteiger charge is -2.10. The summed E-state index contributed by atoms with van der Waals surface area (Å²) in [6, 6.07) is 10.4. The van der Waals surface area contributed by atoms with Gasteiger partial charge >= 0.3 is 6.18 Å². The highest BCUT2D eigenvalue weighted by Gasteiger charge is 2.28. The molecule has 0 spiro atoms.